The van der Waals surface area contributed by atoms with Crippen LogP contribution < -0.4 is 10.2 Å². The Morgan fingerprint density at radius 3 is 2.76 bits per heavy atom. The monoisotopic (exact) mass is 241 g/mol. The van der Waals surface area contributed by atoms with E-state index in [1.54, 1.807) is 0 Å². The molecule has 94 valence electrons. The molecule has 0 spiro atoms. The van der Waals surface area contributed by atoms with Crippen LogP contribution in [0.25, 0.3) is 0 Å². The number of hydroxylamine groups is 1. The summed E-state index contributed by atoms with van der Waals surface area (Å²) in [6.45, 7) is 4.26. The van der Waals surface area contributed by atoms with Crippen molar-refractivity contribution < 1.29 is 18.8 Å². The normalized spacial score (nSPS) is 10.4. The fourth-order valence-electron chi connectivity index (χ4n) is 1.13. The molecule has 0 fully saturated rings. The Hall–Kier alpha value is -1.62. The predicted molar refractivity (Wildman–Crippen MR) is 61.2 cm³/mol. The molecular formula is C12H16FNO3. The first-order valence-corrected chi connectivity index (χ1v) is 5.30. The maximum absolute atomic E-state index is 13.4. The first-order valence-electron chi connectivity index (χ1n) is 5.30. The molecular weight excluding hydrogens is 225 g/mol. The molecule has 0 bridgehead atoms. The summed E-state index contributed by atoms with van der Waals surface area (Å²) in [5.74, 6) is -0.538. The average molecular weight is 241 g/mol. The van der Waals surface area contributed by atoms with Crippen molar-refractivity contribution in [1.29, 1.82) is 0 Å². The first kappa shape index (κ1) is 13.4. The fraction of sp³-hybridized carbons (Fsp3) is 0.417. The third kappa shape index (κ3) is 4.03. The Bertz CT molecular complexity index is 393. The van der Waals surface area contributed by atoms with Gasteiger partial charge < -0.3 is 4.74 Å². The second kappa shape index (κ2) is 6.20. The molecule has 0 unspecified atom stereocenters. The highest BCUT2D eigenvalue weighted by Crippen LogP contribution is 2.16. The lowest BCUT2D eigenvalue weighted by Crippen LogP contribution is -2.26. The lowest BCUT2D eigenvalue weighted by molar-refractivity contribution is 0.0205. The smallest absolute Gasteiger partial charge is 0.277 e. The van der Waals surface area contributed by atoms with Gasteiger partial charge in [0, 0.05) is 0 Å². The Labute approximate surface area is 99.7 Å². The van der Waals surface area contributed by atoms with Gasteiger partial charge in [0.05, 0.1) is 19.3 Å². The third-order valence-electron chi connectivity index (χ3n) is 2.00. The number of ether oxygens (including phenoxy) is 1. The molecule has 1 aromatic rings. The Morgan fingerprint density at radius 2 is 2.18 bits per heavy atom. The minimum absolute atomic E-state index is 0.104. The quantitative estimate of drug-likeness (QED) is 0.803. The van der Waals surface area contributed by atoms with Gasteiger partial charge >= 0.3 is 0 Å². The van der Waals surface area contributed by atoms with Crippen molar-refractivity contribution in [2.75, 3.05) is 13.7 Å². The molecule has 0 aliphatic rings. The molecule has 0 heterocycles. The molecule has 0 atom stereocenters. The molecule has 4 nitrogen and oxygen atoms in total. The van der Waals surface area contributed by atoms with Crippen LogP contribution in [0.5, 0.6) is 5.75 Å². The van der Waals surface area contributed by atoms with E-state index in [1.165, 1.54) is 25.3 Å². The number of hydrogen-bond donors (Lipinski definition) is 1. The van der Waals surface area contributed by atoms with Crippen molar-refractivity contribution in [2.45, 2.75) is 13.8 Å². The Morgan fingerprint density at radius 1 is 1.47 bits per heavy atom. The maximum Gasteiger partial charge on any atom is 0.277 e. The summed E-state index contributed by atoms with van der Waals surface area (Å²) in [7, 11) is 1.45. The van der Waals surface area contributed by atoms with Crippen LogP contribution in [0.4, 0.5) is 4.39 Å². The van der Waals surface area contributed by atoms with E-state index in [0.717, 1.165) is 0 Å². The van der Waals surface area contributed by atoms with Gasteiger partial charge in [-0.3, -0.25) is 9.63 Å². The Kier molecular flexibility index (Phi) is 4.90. The molecule has 1 N–H and O–H groups in total. The fourth-order valence-corrected chi connectivity index (χ4v) is 1.13. The summed E-state index contributed by atoms with van der Waals surface area (Å²) < 4.78 is 18.3. The van der Waals surface area contributed by atoms with Crippen molar-refractivity contribution in [1.82, 2.24) is 5.48 Å². The highest BCUT2D eigenvalue weighted by molar-refractivity contribution is 5.94. The molecule has 0 saturated carbocycles. The zero-order chi connectivity index (χ0) is 12.8. The SMILES string of the molecule is COc1ccc(F)c(C(=O)NOCC(C)C)c1. The molecule has 5 heteroatoms. The largest absolute Gasteiger partial charge is 0.497 e. The molecule has 0 aromatic heterocycles. The maximum atomic E-state index is 13.4. The lowest BCUT2D eigenvalue weighted by atomic mass is 10.2. The van der Waals surface area contributed by atoms with Gasteiger partial charge in [-0.15, -0.1) is 0 Å². The number of nitrogens with one attached hydrogen (secondary N) is 1. The molecule has 0 saturated heterocycles. The van der Waals surface area contributed by atoms with Crippen molar-refractivity contribution >= 4 is 5.91 Å². The summed E-state index contributed by atoms with van der Waals surface area (Å²) in [5, 5.41) is 0. The highest BCUT2D eigenvalue weighted by Gasteiger charge is 2.13. The first-order chi connectivity index (χ1) is 8.04. The van der Waals surface area contributed by atoms with E-state index >= 15 is 0 Å². The van der Waals surface area contributed by atoms with Crippen LogP contribution in [-0.4, -0.2) is 19.6 Å². The second-order valence-electron chi connectivity index (χ2n) is 3.98. The van der Waals surface area contributed by atoms with Crippen LogP contribution in [0.2, 0.25) is 0 Å². The zero-order valence-corrected chi connectivity index (χ0v) is 10.1. The average Bonchev–Trinajstić information content (AvgIpc) is 2.29. The molecule has 1 aromatic carbocycles. The number of halogens is 1. The van der Waals surface area contributed by atoms with Gasteiger partial charge in [-0.1, -0.05) is 13.8 Å². The van der Waals surface area contributed by atoms with Gasteiger partial charge in [-0.05, 0) is 24.1 Å². The van der Waals surface area contributed by atoms with Crippen LogP contribution in [0.3, 0.4) is 0 Å². The van der Waals surface area contributed by atoms with E-state index in [2.05, 4.69) is 5.48 Å². The van der Waals surface area contributed by atoms with Crippen LogP contribution in [0.15, 0.2) is 18.2 Å². The van der Waals surface area contributed by atoms with E-state index < -0.39 is 11.7 Å². The van der Waals surface area contributed by atoms with Crippen LogP contribution >= 0.6 is 0 Å². The number of rotatable bonds is 5. The molecule has 1 rings (SSSR count). The van der Waals surface area contributed by atoms with E-state index in [1.807, 2.05) is 13.8 Å². The van der Waals surface area contributed by atoms with Gasteiger partial charge in [0.1, 0.15) is 11.6 Å². The van der Waals surface area contributed by atoms with E-state index in [4.69, 9.17) is 9.57 Å². The van der Waals surface area contributed by atoms with Gasteiger partial charge in [0.25, 0.3) is 5.91 Å². The van der Waals surface area contributed by atoms with E-state index in [0.29, 0.717) is 12.4 Å². The predicted octanol–water partition coefficient (Wildman–Crippen LogP) is 2.15. The topological polar surface area (TPSA) is 47.6 Å². The van der Waals surface area contributed by atoms with Crippen LogP contribution in [0.1, 0.15) is 24.2 Å². The van der Waals surface area contributed by atoms with Crippen LogP contribution in [0, 0.1) is 11.7 Å². The summed E-state index contributed by atoms with van der Waals surface area (Å²) in [6.07, 6.45) is 0. The van der Waals surface area contributed by atoms with Crippen molar-refractivity contribution in [3.8, 4) is 5.75 Å². The van der Waals surface area contributed by atoms with Crippen molar-refractivity contribution in [3.63, 3.8) is 0 Å². The minimum Gasteiger partial charge on any atom is -0.497 e. The molecule has 1 amide bonds. The molecule has 0 radical (unpaired) electrons. The van der Waals surface area contributed by atoms with Crippen molar-refractivity contribution in [3.05, 3.63) is 29.6 Å². The number of hydrogen-bond acceptors (Lipinski definition) is 3. The summed E-state index contributed by atoms with van der Waals surface area (Å²) in [5.41, 5.74) is 2.08. The Balaban J connectivity index is 2.67. The van der Waals surface area contributed by atoms with E-state index in [9.17, 15) is 9.18 Å². The van der Waals surface area contributed by atoms with E-state index in [-0.39, 0.29) is 11.5 Å². The summed E-state index contributed by atoms with van der Waals surface area (Å²) in [6, 6.07) is 3.95. The number of benzene rings is 1. The summed E-state index contributed by atoms with van der Waals surface area (Å²) in [4.78, 5) is 16.5. The number of carbonyl (C=O) groups is 1. The molecule has 0 aliphatic carbocycles. The number of methoxy groups -OCH3 is 1. The second-order valence-corrected chi connectivity index (χ2v) is 3.98. The van der Waals surface area contributed by atoms with Crippen molar-refractivity contribution in [2.24, 2.45) is 5.92 Å². The summed E-state index contributed by atoms with van der Waals surface area (Å²) >= 11 is 0. The van der Waals surface area contributed by atoms with Gasteiger partial charge in [0.15, 0.2) is 0 Å². The number of carbonyl (C=O) groups excluding carboxylic acids is 1. The molecule has 0 aliphatic heterocycles. The zero-order valence-electron chi connectivity index (χ0n) is 10.1. The lowest BCUT2D eigenvalue weighted by Gasteiger charge is -2.09. The van der Waals surface area contributed by atoms with Gasteiger partial charge in [-0.25, -0.2) is 9.87 Å². The highest BCUT2D eigenvalue weighted by atomic mass is 19.1. The van der Waals surface area contributed by atoms with Gasteiger partial charge in [0.2, 0.25) is 0 Å². The molecule has 17 heavy (non-hydrogen) atoms. The number of amides is 1. The van der Waals surface area contributed by atoms with Crippen LogP contribution in [-0.2, 0) is 4.84 Å². The van der Waals surface area contributed by atoms with Gasteiger partial charge in [-0.2, -0.15) is 0 Å². The third-order valence-corrected chi connectivity index (χ3v) is 2.00. The standard InChI is InChI=1S/C12H16FNO3/c1-8(2)7-17-14-12(15)10-6-9(16-3)4-5-11(10)13/h4-6,8H,7H2,1-3H3,(H,14,15). The minimum atomic E-state index is -0.623.